The van der Waals surface area contributed by atoms with Gasteiger partial charge in [-0.15, -0.1) is 0 Å². The van der Waals surface area contributed by atoms with E-state index in [-0.39, 0.29) is 0 Å². The zero-order valence-corrected chi connectivity index (χ0v) is 77.3. The molecule has 55 atom stereocenters. The van der Waals surface area contributed by atoms with E-state index in [1.165, 1.54) is 6.92 Å². The van der Waals surface area contributed by atoms with Gasteiger partial charge in [0, 0.05) is 48.5 Å². The van der Waals surface area contributed by atoms with Crippen LogP contribution in [0.15, 0.2) is 0 Å². The molecule has 11 saturated heterocycles. The van der Waals surface area contributed by atoms with E-state index >= 15 is 0 Å². The third-order valence-corrected chi connectivity index (χ3v) is 25.7. The Kier molecular flexibility index (Phi) is 42.1. The van der Waals surface area contributed by atoms with Crippen molar-refractivity contribution in [3.05, 3.63) is 0 Å². The van der Waals surface area contributed by atoms with Gasteiger partial charge in [-0.2, -0.15) is 0 Å². The fourth-order valence-electron chi connectivity index (χ4n) is 18.4. The molecular formula is C80H133N7O55. The van der Waals surface area contributed by atoms with Gasteiger partial charge < -0.3 is 275 Å². The summed E-state index contributed by atoms with van der Waals surface area (Å²) < 4.78 is 128. The molecule has 0 unspecified atom stereocenters. The lowest BCUT2D eigenvalue weighted by atomic mass is 9.93. The molecule has 0 aliphatic carbocycles. The van der Waals surface area contributed by atoms with Crippen molar-refractivity contribution >= 4 is 41.4 Å². The number of ether oxygens (including phenoxy) is 21. The van der Waals surface area contributed by atoms with Gasteiger partial charge in [0.1, 0.15) is 262 Å². The van der Waals surface area contributed by atoms with Crippen molar-refractivity contribution in [3.8, 4) is 0 Å². The molecule has 7 amide bonds. The van der Waals surface area contributed by atoms with Crippen molar-refractivity contribution in [3.63, 3.8) is 0 Å². The number of carbonyl (C=O) groups excluding carboxylic acids is 7. The van der Waals surface area contributed by atoms with E-state index in [9.17, 15) is 171 Å². The maximum atomic E-state index is 13.5. The van der Waals surface area contributed by atoms with E-state index in [4.69, 9.17) is 99.5 Å². The van der Waals surface area contributed by atoms with Gasteiger partial charge in [0.2, 0.25) is 41.4 Å². The number of carbonyl (C=O) groups is 7. The van der Waals surface area contributed by atoms with Crippen LogP contribution in [-0.2, 0) is 133 Å². The van der Waals surface area contributed by atoms with Crippen molar-refractivity contribution in [2.45, 2.75) is 393 Å². The summed E-state index contributed by atoms with van der Waals surface area (Å²) in [6, 6.07) is -13.3. The van der Waals surface area contributed by atoms with E-state index in [1.807, 2.05) is 0 Å². The Hall–Kier alpha value is -5.63. The highest BCUT2D eigenvalue weighted by Gasteiger charge is 2.63. The number of rotatable bonds is 37. The van der Waals surface area contributed by atoms with Crippen LogP contribution < -0.4 is 37.2 Å². The Morgan fingerprint density at radius 1 is 0.197 bits per heavy atom. The van der Waals surface area contributed by atoms with Crippen molar-refractivity contribution in [2.24, 2.45) is 0 Å². The van der Waals surface area contributed by atoms with Gasteiger partial charge in [-0.3, -0.25) is 33.6 Å². The number of hydrogen-bond donors (Lipinski definition) is 34. The first-order valence-electron chi connectivity index (χ1n) is 45.5. The van der Waals surface area contributed by atoms with Crippen LogP contribution in [-0.4, -0.2) is 583 Å². The lowest BCUT2D eigenvalue weighted by Gasteiger charge is -2.52. The van der Waals surface area contributed by atoms with Crippen LogP contribution in [0.3, 0.4) is 0 Å². The summed E-state index contributed by atoms with van der Waals surface area (Å²) in [6.07, 6.45) is -103. The minimum atomic E-state index is -2.79. The molecule has 11 heterocycles. The molecule has 34 N–H and O–H groups in total. The van der Waals surface area contributed by atoms with Gasteiger partial charge >= 0.3 is 0 Å². The van der Waals surface area contributed by atoms with E-state index in [0.717, 1.165) is 48.5 Å². The molecular weight excluding hydrogens is 1940 g/mol. The zero-order valence-electron chi connectivity index (χ0n) is 77.3. The molecule has 0 saturated carbocycles. The predicted molar refractivity (Wildman–Crippen MR) is 442 cm³/mol. The Morgan fingerprint density at radius 2 is 0.451 bits per heavy atom. The number of amides is 7. The highest BCUT2D eigenvalue weighted by atomic mass is 16.8. The van der Waals surface area contributed by atoms with Gasteiger partial charge in [0.25, 0.3) is 0 Å². The molecule has 0 aromatic heterocycles. The third kappa shape index (κ3) is 26.7. The van der Waals surface area contributed by atoms with E-state index in [1.54, 1.807) is 0 Å². The molecule has 62 nitrogen and oxygen atoms in total. The first-order chi connectivity index (χ1) is 67.0. The Bertz CT molecular complexity index is 4030. The Morgan fingerprint density at radius 3 is 0.831 bits per heavy atom. The minimum Gasteiger partial charge on any atom is -0.394 e. The van der Waals surface area contributed by atoms with Crippen molar-refractivity contribution in [2.75, 3.05) is 66.1 Å². The first-order valence-corrected chi connectivity index (χ1v) is 45.5. The molecule has 818 valence electrons. The van der Waals surface area contributed by atoms with Crippen LogP contribution in [0.25, 0.3) is 0 Å². The zero-order chi connectivity index (χ0) is 105. The first kappa shape index (κ1) is 117. The van der Waals surface area contributed by atoms with Gasteiger partial charge in [0.05, 0.1) is 72.2 Å². The van der Waals surface area contributed by atoms with Crippen molar-refractivity contribution < 1.29 is 271 Å². The largest absolute Gasteiger partial charge is 0.394 e. The van der Waals surface area contributed by atoms with Crippen molar-refractivity contribution in [1.29, 1.82) is 0 Å². The maximum Gasteiger partial charge on any atom is 0.217 e. The average Bonchev–Trinajstić information content (AvgIpc) is 0.758. The lowest BCUT2D eigenvalue weighted by molar-refractivity contribution is -0.405. The van der Waals surface area contributed by atoms with E-state index < -0.39 is 445 Å². The second kappa shape index (κ2) is 51.3. The number of aliphatic hydroxyl groups is 27. The fourth-order valence-corrected chi connectivity index (χ4v) is 18.4. The molecule has 0 aromatic rings. The molecule has 11 fully saturated rings. The van der Waals surface area contributed by atoms with Gasteiger partial charge in [0.15, 0.2) is 69.2 Å². The van der Waals surface area contributed by atoms with Crippen LogP contribution in [0.5, 0.6) is 0 Å². The topological polar surface area (TPSA) is 944 Å². The summed E-state index contributed by atoms with van der Waals surface area (Å²) in [5, 5.41) is 326. The molecule has 11 aliphatic heterocycles. The number of hydrogen-bond acceptors (Lipinski definition) is 55. The summed E-state index contributed by atoms with van der Waals surface area (Å²) in [5.74, 6) is -6.57. The summed E-state index contributed by atoms with van der Waals surface area (Å²) in [4.78, 5) is 90.5. The second-order valence-corrected chi connectivity index (χ2v) is 36.0. The molecule has 0 radical (unpaired) electrons. The molecule has 0 bridgehead atoms. The molecule has 11 aliphatic rings. The van der Waals surface area contributed by atoms with Crippen LogP contribution in [0.2, 0.25) is 0 Å². The highest BCUT2D eigenvalue weighted by molar-refractivity contribution is 5.75. The van der Waals surface area contributed by atoms with Crippen LogP contribution >= 0.6 is 0 Å². The normalized spacial score (nSPS) is 47.5. The Balaban J connectivity index is 1.01. The molecule has 11 rings (SSSR count). The Labute approximate surface area is 805 Å². The van der Waals surface area contributed by atoms with Gasteiger partial charge in [-0.05, 0) is 6.92 Å². The van der Waals surface area contributed by atoms with Crippen LogP contribution in [0.4, 0.5) is 0 Å². The maximum absolute atomic E-state index is 13.5. The summed E-state index contributed by atoms with van der Waals surface area (Å²) in [6.45, 7) is -3.64. The fraction of sp³-hybridized carbons (Fsp3) is 0.912. The molecule has 62 heteroatoms. The highest BCUT2D eigenvalue weighted by Crippen LogP contribution is 2.42. The monoisotopic (exact) mass is 2070 g/mol. The van der Waals surface area contributed by atoms with Crippen molar-refractivity contribution in [1.82, 2.24) is 37.2 Å². The predicted octanol–water partition coefficient (Wildman–Crippen LogP) is -22.9. The van der Waals surface area contributed by atoms with E-state index in [2.05, 4.69) is 37.2 Å². The minimum absolute atomic E-state index is 0.843. The SMILES string of the molecule is CC(=O)N[C@@H]1[C@@H](O)[C@H](O[C@@H]2O[C@H](CO)[C@@H](O[C@@H]3O[C@H](CO[C@H]4O[C@H](CO[C@@H]5O[C@H](CO)[C@@H](O)[C@H](O)[C@H]5NC(C)=O)[C@@H](O)[C@H](O)[C@@H]4O[C@@H]4O[C@H](CO)[C@@H](O)[C@H](O)[C@H]4NC(C)=O)[C@@H](O)[C@H](O[C@H]4O[C@H](CO)[C@@H](O[C@@H]5O[C@H](CO)[C@@H](O)[C@H](O)[C@H]5NC(C)=O)[C@H](O)[C@@H]4O[C@@H]4O[C@H](CO)[C@@H](O[C@@H]5O[C@H](CO)[C@H](O)[C@H](O)[C@H]5NC(C)=O)[C@H](O)[C@H]4NC(C)=O)[C@@H]3O)[C@H](O)[C@H]2NC(C)=O)[C@@H](CO[C@H]2O[C@H](C)[C@H](O)[C@@H](O)[C@H]2O)O[C@H]1O. The molecule has 0 aromatic carbocycles. The van der Waals surface area contributed by atoms with Crippen LogP contribution in [0.1, 0.15) is 55.4 Å². The third-order valence-electron chi connectivity index (χ3n) is 25.7. The number of nitrogens with one attached hydrogen (secondary N) is 7. The van der Waals surface area contributed by atoms with Gasteiger partial charge in [-0.25, -0.2) is 0 Å². The summed E-state index contributed by atoms with van der Waals surface area (Å²) in [5.41, 5.74) is 0. The van der Waals surface area contributed by atoms with Crippen LogP contribution in [0, 0.1) is 0 Å². The quantitative estimate of drug-likeness (QED) is 0.0275. The standard InChI is InChI=1S/C80H133N7O55/c1-19-44(102)58(116)60(118)77(125-19)123-18-36-66(55(113)37(70(121)126-36)81-20(2)95)138-75-42(86-25(7)100)57(115)64(32(14-93)131-75)139-78-62(120)67(50(108)35(134-78)17-124-79-68(141-74-41(85-24(6)99)54(112)48(106)30(12-91)130-74)59(117)49(107)34(135-79)16-122-71-38(82-21(3)96)51(109)45(103)27(9-88)127-71)140-80-69(61(119)65(33(15-94)133-80)137-73-40(84-23(5)98)53(111)47(105)29(11-90)129-73)142-76-43(87-26(8)101)56(114)63(31(13-92)132-76)136-72-39(83-22(4)97)52(110)46(104)28(10-89)128-72/h19,27-80,88-94,102-121H,9-18H2,1-8H3,(H,81,95)(H,82,96)(H,83,97)(H,84,98)(H,85,99)(H,86,100)(H,87,101)/t19-,27-,28-,29-,30-,31-,32-,33-,34-,35-,36-,37-,38-,39-,40-,41-,42-,43-,44+,45-,46+,47-,48-,49-,50-,51-,52-,53-,54-,55-,56-,57-,58-,59+,60-,61+,62+,63-,64-,65-,66-,67+,68+,69+,70-,71-,72+,73+,74+,75+,76+,77+,78+,79+,80-/m1/s1. The van der Waals surface area contributed by atoms with E-state index in [0.29, 0.717) is 0 Å². The smallest absolute Gasteiger partial charge is 0.217 e. The molecule has 0 spiro atoms. The van der Waals surface area contributed by atoms with Gasteiger partial charge in [-0.1, -0.05) is 0 Å². The number of aliphatic hydroxyl groups excluding tert-OH is 27. The lowest BCUT2D eigenvalue weighted by Crippen LogP contribution is -2.71. The summed E-state index contributed by atoms with van der Waals surface area (Å²) >= 11 is 0. The average molecular weight is 2070 g/mol. The second-order valence-electron chi connectivity index (χ2n) is 36.0. The summed E-state index contributed by atoms with van der Waals surface area (Å²) in [7, 11) is 0. The molecule has 142 heavy (non-hydrogen) atoms.